The van der Waals surface area contributed by atoms with Crippen LogP contribution in [0.3, 0.4) is 0 Å². The molecule has 3 aromatic rings. The van der Waals surface area contributed by atoms with Gasteiger partial charge in [-0.1, -0.05) is 24.3 Å². The van der Waals surface area contributed by atoms with Gasteiger partial charge in [0.2, 0.25) is 0 Å². The van der Waals surface area contributed by atoms with Gasteiger partial charge in [-0.25, -0.2) is 9.07 Å². The van der Waals surface area contributed by atoms with Crippen LogP contribution in [-0.2, 0) is 0 Å². The number of methoxy groups -OCH3 is 1. The lowest BCUT2D eigenvalue weighted by Crippen LogP contribution is -2.28. The second kappa shape index (κ2) is 7.79. The molecule has 0 aliphatic carbocycles. The number of aliphatic hydroxyl groups is 1. The van der Waals surface area contributed by atoms with Crippen molar-refractivity contribution in [1.29, 1.82) is 0 Å². The highest BCUT2D eigenvalue weighted by Gasteiger charge is 2.14. The summed E-state index contributed by atoms with van der Waals surface area (Å²) >= 11 is 0. The van der Waals surface area contributed by atoms with Gasteiger partial charge in [-0.05, 0) is 29.8 Å². The number of nitrogens with one attached hydrogen (secondary N) is 1. The maximum atomic E-state index is 13.2. The van der Waals surface area contributed by atoms with E-state index in [1.54, 1.807) is 25.4 Å². The number of para-hydroxylation sites is 2. The van der Waals surface area contributed by atoms with Gasteiger partial charge < -0.3 is 15.2 Å². The first kappa shape index (κ1) is 17.6. The maximum Gasteiger partial charge on any atom is 0.254 e. The molecule has 0 saturated heterocycles. The predicted molar refractivity (Wildman–Crippen MR) is 93.8 cm³/mol. The lowest BCUT2D eigenvalue weighted by molar-refractivity contribution is 0.0916. The fourth-order valence-corrected chi connectivity index (χ4v) is 2.51. The van der Waals surface area contributed by atoms with E-state index in [9.17, 15) is 14.3 Å². The van der Waals surface area contributed by atoms with E-state index in [0.717, 1.165) is 0 Å². The highest BCUT2D eigenvalue weighted by molar-refractivity contribution is 5.93. The fourth-order valence-electron chi connectivity index (χ4n) is 2.51. The molecule has 0 unspecified atom stereocenters. The first-order chi connectivity index (χ1) is 12.6. The zero-order valence-electron chi connectivity index (χ0n) is 14.1. The minimum absolute atomic E-state index is 0.0396. The highest BCUT2D eigenvalue weighted by atomic mass is 19.1. The van der Waals surface area contributed by atoms with E-state index in [0.29, 0.717) is 22.6 Å². The Morgan fingerprint density at radius 3 is 2.88 bits per heavy atom. The van der Waals surface area contributed by atoms with Crippen molar-refractivity contribution in [2.45, 2.75) is 6.10 Å². The quantitative estimate of drug-likeness (QED) is 0.712. The van der Waals surface area contributed by atoms with E-state index in [2.05, 4.69) is 10.4 Å². The van der Waals surface area contributed by atoms with Crippen molar-refractivity contribution in [2.24, 2.45) is 0 Å². The van der Waals surface area contributed by atoms with Gasteiger partial charge in [-0.2, -0.15) is 5.10 Å². The normalized spacial score (nSPS) is 11.8. The molecule has 0 radical (unpaired) electrons. The number of amides is 1. The summed E-state index contributed by atoms with van der Waals surface area (Å²) in [4.78, 5) is 12.3. The van der Waals surface area contributed by atoms with Gasteiger partial charge in [0.25, 0.3) is 5.91 Å². The Kier molecular flexibility index (Phi) is 5.28. The molecule has 6 nitrogen and oxygen atoms in total. The molecule has 7 heteroatoms. The fraction of sp³-hybridized carbons (Fsp3) is 0.158. The minimum Gasteiger partial charge on any atom is -0.494 e. The SMILES string of the molecule is COc1ccccc1-n1cc(C(=O)NC[C@H](O)c2cccc(F)c2)cn1. The van der Waals surface area contributed by atoms with Crippen molar-refractivity contribution in [3.63, 3.8) is 0 Å². The summed E-state index contributed by atoms with van der Waals surface area (Å²) in [6.45, 7) is -0.0396. The first-order valence-electron chi connectivity index (χ1n) is 7.98. The highest BCUT2D eigenvalue weighted by Crippen LogP contribution is 2.21. The molecule has 0 aliphatic rings. The van der Waals surface area contributed by atoms with Crippen molar-refractivity contribution in [3.8, 4) is 11.4 Å². The Hall–Kier alpha value is -3.19. The topological polar surface area (TPSA) is 76.4 Å². The van der Waals surface area contributed by atoms with Crippen LogP contribution in [0.15, 0.2) is 60.9 Å². The van der Waals surface area contributed by atoms with Crippen molar-refractivity contribution in [3.05, 3.63) is 77.9 Å². The molecule has 0 bridgehead atoms. The summed E-state index contributed by atoms with van der Waals surface area (Å²) in [5.41, 5.74) is 1.44. The standard InChI is InChI=1S/C19H18FN3O3/c1-26-18-8-3-2-7-16(18)23-12-14(10-22-23)19(25)21-11-17(24)13-5-4-6-15(20)9-13/h2-10,12,17,24H,11H2,1H3,(H,21,25)/t17-/m0/s1. The molecule has 3 rings (SSSR count). The molecule has 1 aromatic heterocycles. The lowest BCUT2D eigenvalue weighted by atomic mass is 10.1. The molecule has 1 heterocycles. The Balaban J connectivity index is 1.67. The third-order valence-electron chi connectivity index (χ3n) is 3.87. The number of halogens is 1. The maximum absolute atomic E-state index is 13.2. The van der Waals surface area contributed by atoms with Crippen LogP contribution in [0, 0.1) is 5.82 Å². The van der Waals surface area contributed by atoms with Crippen LogP contribution in [0.5, 0.6) is 5.75 Å². The number of benzene rings is 2. The van der Waals surface area contributed by atoms with Crippen molar-refractivity contribution >= 4 is 5.91 Å². The number of hydrogen-bond donors (Lipinski definition) is 2. The number of rotatable bonds is 6. The number of ether oxygens (including phenoxy) is 1. The lowest BCUT2D eigenvalue weighted by Gasteiger charge is -2.11. The van der Waals surface area contributed by atoms with Gasteiger partial charge in [-0.15, -0.1) is 0 Å². The van der Waals surface area contributed by atoms with Crippen molar-refractivity contribution in [2.75, 3.05) is 13.7 Å². The molecule has 2 N–H and O–H groups in total. The van der Waals surface area contributed by atoms with E-state index >= 15 is 0 Å². The summed E-state index contributed by atoms with van der Waals surface area (Å²) in [5, 5.41) is 16.9. The van der Waals surface area contributed by atoms with Crippen LogP contribution >= 0.6 is 0 Å². The molecule has 0 aliphatic heterocycles. The van der Waals surface area contributed by atoms with Crippen LogP contribution in [0.4, 0.5) is 4.39 Å². The molecule has 0 spiro atoms. The monoisotopic (exact) mass is 355 g/mol. The van der Waals surface area contributed by atoms with E-state index < -0.39 is 11.9 Å². The van der Waals surface area contributed by atoms with Gasteiger partial charge in [0.05, 0.1) is 25.0 Å². The Morgan fingerprint density at radius 1 is 1.31 bits per heavy atom. The van der Waals surface area contributed by atoms with Gasteiger partial charge in [0.15, 0.2) is 0 Å². The van der Waals surface area contributed by atoms with Crippen LogP contribution in [0.2, 0.25) is 0 Å². The number of aliphatic hydroxyl groups excluding tert-OH is 1. The summed E-state index contributed by atoms with van der Waals surface area (Å²) in [6.07, 6.45) is 2.00. The number of aromatic nitrogens is 2. The Morgan fingerprint density at radius 2 is 2.12 bits per heavy atom. The van der Waals surface area contributed by atoms with E-state index in [-0.39, 0.29) is 12.5 Å². The van der Waals surface area contributed by atoms with E-state index in [1.165, 1.54) is 29.1 Å². The molecule has 0 saturated carbocycles. The molecule has 0 fully saturated rings. The summed E-state index contributed by atoms with van der Waals surface area (Å²) in [7, 11) is 1.56. The summed E-state index contributed by atoms with van der Waals surface area (Å²) < 4.78 is 20.0. The molecule has 26 heavy (non-hydrogen) atoms. The van der Waals surface area contributed by atoms with Crippen LogP contribution in [0.1, 0.15) is 22.0 Å². The van der Waals surface area contributed by atoms with Crippen molar-refractivity contribution in [1.82, 2.24) is 15.1 Å². The Bertz CT molecular complexity index is 910. The van der Waals surface area contributed by atoms with Crippen LogP contribution < -0.4 is 10.1 Å². The number of carbonyl (C=O) groups excluding carboxylic acids is 1. The largest absolute Gasteiger partial charge is 0.494 e. The summed E-state index contributed by atoms with van der Waals surface area (Å²) in [6, 6.07) is 12.9. The number of hydrogen-bond acceptors (Lipinski definition) is 4. The van der Waals surface area contributed by atoms with Crippen molar-refractivity contribution < 1.29 is 19.0 Å². The predicted octanol–water partition coefficient (Wildman–Crippen LogP) is 2.48. The molecule has 1 amide bonds. The second-order valence-electron chi connectivity index (χ2n) is 5.63. The number of carbonyl (C=O) groups is 1. The zero-order chi connectivity index (χ0) is 18.5. The van der Waals surface area contributed by atoms with Gasteiger partial charge >= 0.3 is 0 Å². The smallest absolute Gasteiger partial charge is 0.254 e. The molecular weight excluding hydrogens is 337 g/mol. The van der Waals surface area contributed by atoms with Crippen LogP contribution in [-0.4, -0.2) is 34.4 Å². The minimum atomic E-state index is -1.00. The van der Waals surface area contributed by atoms with Gasteiger partial charge in [-0.3, -0.25) is 4.79 Å². The third kappa shape index (κ3) is 3.89. The molecule has 1 atom stereocenters. The number of nitrogens with zero attached hydrogens (tertiary/aromatic N) is 2. The van der Waals surface area contributed by atoms with Gasteiger partial charge in [0, 0.05) is 12.7 Å². The van der Waals surface area contributed by atoms with E-state index in [1.807, 2.05) is 18.2 Å². The van der Waals surface area contributed by atoms with Gasteiger partial charge in [0.1, 0.15) is 17.3 Å². The molecule has 2 aromatic carbocycles. The molecule has 134 valence electrons. The first-order valence-corrected chi connectivity index (χ1v) is 7.98. The van der Waals surface area contributed by atoms with Crippen LogP contribution in [0.25, 0.3) is 5.69 Å². The molecular formula is C19H18FN3O3. The summed E-state index contributed by atoms with van der Waals surface area (Å²) in [5.74, 6) is -0.198. The zero-order valence-corrected chi connectivity index (χ0v) is 14.1. The second-order valence-corrected chi connectivity index (χ2v) is 5.63. The average molecular weight is 355 g/mol. The van der Waals surface area contributed by atoms with E-state index in [4.69, 9.17) is 4.74 Å². The third-order valence-corrected chi connectivity index (χ3v) is 3.87. The Labute approximate surface area is 149 Å². The average Bonchev–Trinajstić information content (AvgIpc) is 3.16.